The van der Waals surface area contributed by atoms with Crippen molar-refractivity contribution in [2.75, 3.05) is 31.5 Å². The molecule has 4 heterocycles. The van der Waals surface area contributed by atoms with Gasteiger partial charge in [0.1, 0.15) is 11.9 Å². The molecule has 3 aromatic rings. The predicted molar refractivity (Wildman–Crippen MR) is 106 cm³/mol. The SMILES string of the molecule is O=CCN1CCC[C@@H](CNc2nc(-c3c[nH]c4ncc(Cl)cc34)ncc2F)C1. The summed E-state index contributed by atoms with van der Waals surface area (Å²) in [6.07, 6.45) is 7.45. The molecule has 3 aromatic heterocycles. The first-order chi connectivity index (χ1) is 13.6. The quantitative estimate of drug-likeness (QED) is 0.616. The first-order valence-corrected chi connectivity index (χ1v) is 9.57. The summed E-state index contributed by atoms with van der Waals surface area (Å²) in [4.78, 5) is 28.6. The molecule has 4 rings (SSSR count). The number of likely N-dealkylation sites (tertiary alicyclic amines) is 1. The number of carbonyl (C=O) groups excluding carboxylic acids is 1. The van der Waals surface area contributed by atoms with E-state index in [-0.39, 0.29) is 5.82 Å². The largest absolute Gasteiger partial charge is 0.367 e. The summed E-state index contributed by atoms with van der Waals surface area (Å²) in [5, 5.41) is 4.40. The predicted octanol–water partition coefficient (Wildman–Crippen LogP) is 3.14. The molecular formula is C19H20ClFN6O. The van der Waals surface area contributed by atoms with Crippen molar-refractivity contribution in [3.8, 4) is 11.4 Å². The summed E-state index contributed by atoms with van der Waals surface area (Å²) in [6.45, 7) is 2.78. The number of anilines is 1. The van der Waals surface area contributed by atoms with Crippen molar-refractivity contribution in [3.05, 3.63) is 35.5 Å². The number of halogens is 2. The Labute approximate surface area is 166 Å². The number of pyridine rings is 1. The molecule has 2 N–H and O–H groups in total. The molecule has 0 saturated carbocycles. The summed E-state index contributed by atoms with van der Waals surface area (Å²) in [5.41, 5.74) is 1.38. The maximum absolute atomic E-state index is 14.3. The standard InChI is InChI=1S/C19H20ClFN6O/c20-13-6-14-15(9-24-17(14)23-8-13)18-25-10-16(21)19(26-18)22-7-12-2-1-3-27(11-12)4-5-28/h5-6,8-10,12H,1-4,7,11H2,(H,23,24)(H,22,25,26)/t12-/m0/s1. The second kappa shape index (κ2) is 8.20. The molecule has 0 aliphatic carbocycles. The van der Waals surface area contributed by atoms with Crippen LogP contribution in [-0.2, 0) is 4.79 Å². The van der Waals surface area contributed by atoms with E-state index in [1.807, 2.05) is 0 Å². The van der Waals surface area contributed by atoms with E-state index < -0.39 is 5.82 Å². The van der Waals surface area contributed by atoms with Crippen LogP contribution in [0.2, 0.25) is 5.02 Å². The molecule has 0 aromatic carbocycles. The molecule has 0 bridgehead atoms. The monoisotopic (exact) mass is 402 g/mol. The Kier molecular flexibility index (Phi) is 5.50. The Morgan fingerprint density at radius 3 is 3.14 bits per heavy atom. The number of hydrogen-bond donors (Lipinski definition) is 2. The van der Waals surface area contributed by atoms with Gasteiger partial charge in [0.15, 0.2) is 17.5 Å². The molecule has 1 aliphatic rings. The van der Waals surface area contributed by atoms with Crippen LogP contribution in [0, 0.1) is 11.7 Å². The summed E-state index contributed by atoms with van der Waals surface area (Å²) in [6, 6.07) is 1.78. The Balaban J connectivity index is 1.52. The lowest BCUT2D eigenvalue weighted by Crippen LogP contribution is -2.39. The fourth-order valence-electron chi connectivity index (χ4n) is 3.61. The van der Waals surface area contributed by atoms with Gasteiger partial charge in [0, 0.05) is 36.4 Å². The van der Waals surface area contributed by atoms with Gasteiger partial charge >= 0.3 is 0 Å². The maximum Gasteiger partial charge on any atom is 0.183 e. The molecule has 0 radical (unpaired) electrons. The zero-order valence-electron chi connectivity index (χ0n) is 15.2. The van der Waals surface area contributed by atoms with Crippen molar-refractivity contribution >= 4 is 34.7 Å². The number of hydrogen-bond acceptors (Lipinski definition) is 6. The molecule has 28 heavy (non-hydrogen) atoms. The lowest BCUT2D eigenvalue weighted by atomic mass is 9.98. The normalized spacial score (nSPS) is 17.7. The molecule has 1 atom stereocenters. The van der Waals surface area contributed by atoms with Crippen molar-refractivity contribution in [2.24, 2.45) is 5.92 Å². The summed E-state index contributed by atoms with van der Waals surface area (Å²) in [7, 11) is 0. The number of carbonyl (C=O) groups is 1. The molecular weight excluding hydrogens is 383 g/mol. The van der Waals surface area contributed by atoms with Gasteiger partial charge in [-0.1, -0.05) is 11.6 Å². The van der Waals surface area contributed by atoms with Gasteiger partial charge in [-0.2, -0.15) is 0 Å². The zero-order valence-corrected chi connectivity index (χ0v) is 15.9. The lowest BCUT2D eigenvalue weighted by molar-refractivity contribution is -0.109. The zero-order chi connectivity index (χ0) is 19.5. The van der Waals surface area contributed by atoms with Crippen molar-refractivity contribution in [3.63, 3.8) is 0 Å². The highest BCUT2D eigenvalue weighted by Crippen LogP contribution is 2.28. The van der Waals surface area contributed by atoms with Gasteiger partial charge in [0.05, 0.1) is 17.8 Å². The van der Waals surface area contributed by atoms with Crippen LogP contribution < -0.4 is 5.32 Å². The smallest absolute Gasteiger partial charge is 0.183 e. The third-order valence-electron chi connectivity index (χ3n) is 4.98. The van der Waals surface area contributed by atoms with Crippen LogP contribution in [0.1, 0.15) is 12.8 Å². The highest BCUT2D eigenvalue weighted by Gasteiger charge is 2.20. The third-order valence-corrected chi connectivity index (χ3v) is 5.18. The number of piperidine rings is 1. The van der Waals surface area contributed by atoms with Gasteiger partial charge in [-0.15, -0.1) is 0 Å². The molecule has 0 amide bonds. The lowest BCUT2D eigenvalue weighted by Gasteiger charge is -2.31. The van der Waals surface area contributed by atoms with Gasteiger partial charge in [0.25, 0.3) is 0 Å². The van der Waals surface area contributed by atoms with Gasteiger partial charge in [0.2, 0.25) is 0 Å². The van der Waals surface area contributed by atoms with Gasteiger partial charge < -0.3 is 15.1 Å². The van der Waals surface area contributed by atoms with Crippen molar-refractivity contribution in [1.29, 1.82) is 0 Å². The number of aldehydes is 1. The Bertz CT molecular complexity index is 994. The number of fused-ring (bicyclic) bond motifs is 1. The number of nitrogens with one attached hydrogen (secondary N) is 2. The molecule has 9 heteroatoms. The topological polar surface area (TPSA) is 86.8 Å². The van der Waals surface area contributed by atoms with Crippen LogP contribution in [0.25, 0.3) is 22.4 Å². The minimum absolute atomic E-state index is 0.168. The molecule has 1 fully saturated rings. The number of aromatic nitrogens is 4. The number of aromatic amines is 1. The first-order valence-electron chi connectivity index (χ1n) is 9.19. The Morgan fingerprint density at radius 1 is 1.39 bits per heavy atom. The highest BCUT2D eigenvalue weighted by atomic mass is 35.5. The van der Waals surface area contributed by atoms with Crippen molar-refractivity contribution in [1.82, 2.24) is 24.8 Å². The van der Waals surface area contributed by atoms with E-state index in [4.69, 9.17) is 11.6 Å². The number of nitrogens with zero attached hydrogens (tertiary/aromatic N) is 4. The maximum atomic E-state index is 14.3. The van der Waals surface area contributed by atoms with E-state index in [1.54, 1.807) is 18.5 Å². The second-order valence-corrected chi connectivity index (χ2v) is 7.39. The average molecular weight is 403 g/mol. The van der Waals surface area contributed by atoms with Gasteiger partial charge in [-0.05, 0) is 31.4 Å². The van der Waals surface area contributed by atoms with Crippen LogP contribution in [-0.4, -0.2) is 57.3 Å². The van der Waals surface area contributed by atoms with Crippen LogP contribution in [0.5, 0.6) is 0 Å². The molecule has 1 aliphatic heterocycles. The molecule has 1 saturated heterocycles. The Morgan fingerprint density at radius 2 is 2.29 bits per heavy atom. The molecule has 146 valence electrons. The molecule has 0 unspecified atom stereocenters. The van der Waals surface area contributed by atoms with Gasteiger partial charge in [-0.25, -0.2) is 19.3 Å². The van der Waals surface area contributed by atoms with E-state index in [1.165, 1.54) is 6.20 Å². The Hall–Kier alpha value is -2.58. The summed E-state index contributed by atoms with van der Waals surface area (Å²) >= 11 is 6.05. The van der Waals surface area contributed by atoms with Gasteiger partial charge in [-0.3, -0.25) is 4.90 Å². The van der Waals surface area contributed by atoms with Crippen LogP contribution >= 0.6 is 11.6 Å². The van der Waals surface area contributed by atoms with E-state index in [0.717, 1.165) is 37.6 Å². The van der Waals surface area contributed by atoms with Crippen LogP contribution in [0.4, 0.5) is 10.2 Å². The van der Waals surface area contributed by atoms with E-state index >= 15 is 0 Å². The molecule has 7 nitrogen and oxygen atoms in total. The molecule has 0 spiro atoms. The minimum atomic E-state index is -0.500. The van der Waals surface area contributed by atoms with E-state index in [9.17, 15) is 9.18 Å². The van der Waals surface area contributed by atoms with E-state index in [2.05, 4.69) is 30.2 Å². The van der Waals surface area contributed by atoms with Crippen molar-refractivity contribution in [2.45, 2.75) is 12.8 Å². The third kappa shape index (κ3) is 3.98. The minimum Gasteiger partial charge on any atom is -0.367 e. The summed E-state index contributed by atoms with van der Waals surface area (Å²) < 4.78 is 14.3. The van der Waals surface area contributed by atoms with E-state index in [0.29, 0.717) is 41.1 Å². The fraction of sp³-hybridized carbons (Fsp3) is 0.368. The average Bonchev–Trinajstić information content (AvgIpc) is 3.11. The van der Waals surface area contributed by atoms with Crippen LogP contribution in [0.15, 0.2) is 24.7 Å². The number of rotatable bonds is 6. The number of H-pyrrole nitrogens is 1. The fourth-order valence-corrected chi connectivity index (χ4v) is 3.77. The first kappa shape index (κ1) is 18.8. The second-order valence-electron chi connectivity index (χ2n) is 6.96. The summed E-state index contributed by atoms with van der Waals surface area (Å²) in [5.74, 6) is 0.398. The van der Waals surface area contributed by atoms with Crippen LogP contribution in [0.3, 0.4) is 0 Å². The van der Waals surface area contributed by atoms with Crippen molar-refractivity contribution < 1.29 is 9.18 Å². The highest BCUT2D eigenvalue weighted by molar-refractivity contribution is 6.31.